The molecule has 0 spiro atoms. The molecule has 0 radical (unpaired) electrons. The molecule has 0 aliphatic carbocycles. The molecule has 1 aromatic heterocycles. The Balaban J connectivity index is 1.48. The van der Waals surface area contributed by atoms with Gasteiger partial charge in [0, 0.05) is 32.7 Å². The SMILES string of the molecule is Oc1c(O)c(O)c(-c2c(O)c(O)c(-c3c(O)c(O)c(-c4c5c(O)c(O)c(O)c(O)c5c(-c5c(O)c(O)c6oc7c(O)c(O)c(O)c(O)c7c6c5O)c5c(O)c(O)c(O)c(O)c45)c(O)c3O)c(O)c2O)c(O)c1O. The zero-order valence-corrected chi connectivity index (χ0v) is 34.9. The van der Waals surface area contributed by atoms with Gasteiger partial charge in [0.2, 0.25) is 63.2 Å². The number of benzene rings is 8. The van der Waals surface area contributed by atoms with E-state index in [-0.39, 0.29) is 0 Å². The van der Waals surface area contributed by atoms with Gasteiger partial charge in [-0.3, -0.25) is 0 Å². The molecule has 0 unspecified atom stereocenters. The van der Waals surface area contributed by atoms with E-state index >= 15 is 0 Å². The first-order valence-electron chi connectivity index (χ1n) is 19.4. The molecule has 9 rings (SSSR count). The first-order valence-corrected chi connectivity index (χ1v) is 19.4. The first kappa shape index (κ1) is 46.6. The molecule has 0 bridgehead atoms. The van der Waals surface area contributed by atoms with Gasteiger partial charge in [-0.2, -0.15) is 0 Å². The van der Waals surface area contributed by atoms with Gasteiger partial charge in [0.05, 0.1) is 44.2 Å². The largest absolute Gasteiger partial charge is 0.506 e. The monoisotopic (exact) mass is 1020 g/mol. The molecule has 1 heterocycles. The summed E-state index contributed by atoms with van der Waals surface area (Å²) in [7, 11) is 0. The van der Waals surface area contributed by atoms with Crippen LogP contribution < -0.4 is 0 Å². The summed E-state index contributed by atoms with van der Waals surface area (Å²) in [6.07, 6.45) is 0. The summed E-state index contributed by atoms with van der Waals surface area (Å²) < 4.78 is 5.27. The van der Waals surface area contributed by atoms with Crippen LogP contribution in [0.2, 0.25) is 0 Å². The lowest BCUT2D eigenvalue weighted by atomic mass is 9.81. The highest BCUT2D eigenvalue weighted by Gasteiger charge is 2.41. The van der Waals surface area contributed by atoms with E-state index in [2.05, 4.69) is 0 Å². The molecule has 8 aromatic carbocycles. The van der Waals surface area contributed by atoms with Crippen LogP contribution in [0, 0.1) is 0 Å². The number of fused-ring (bicyclic) bond motifs is 5. The maximum Gasteiger partial charge on any atom is 0.208 e. The Labute approximate surface area is 395 Å². The number of phenols is 28. The van der Waals surface area contributed by atoms with Crippen LogP contribution in [0.15, 0.2) is 4.42 Å². The van der Waals surface area contributed by atoms with Crippen molar-refractivity contribution in [3.63, 3.8) is 0 Å². The van der Waals surface area contributed by atoms with Crippen molar-refractivity contribution in [2.45, 2.75) is 0 Å². The molecule has 0 atom stereocenters. The molecule has 73 heavy (non-hydrogen) atoms. The third-order valence-corrected chi connectivity index (χ3v) is 12.1. The second-order valence-corrected chi connectivity index (χ2v) is 15.8. The molecule has 29 heteroatoms. The quantitative estimate of drug-likeness (QED) is 0.0663. The molecule has 378 valence electrons. The van der Waals surface area contributed by atoms with Crippen LogP contribution >= 0.6 is 0 Å². The summed E-state index contributed by atoms with van der Waals surface area (Å²) in [6, 6.07) is 0. The smallest absolute Gasteiger partial charge is 0.208 e. The average molecular weight is 1020 g/mol. The Morgan fingerprint density at radius 1 is 0.123 bits per heavy atom. The fourth-order valence-electron chi connectivity index (χ4n) is 8.75. The minimum absolute atomic E-state index is 0.994. The van der Waals surface area contributed by atoms with Crippen LogP contribution in [0.1, 0.15) is 0 Å². The van der Waals surface area contributed by atoms with Gasteiger partial charge < -0.3 is 147 Å². The normalized spacial score (nSPS) is 11.7. The van der Waals surface area contributed by atoms with Crippen molar-refractivity contribution < 1.29 is 147 Å². The summed E-state index contributed by atoms with van der Waals surface area (Å²) in [6.45, 7) is 0. The molecule has 0 aliphatic rings. The average Bonchev–Trinajstić information content (AvgIpc) is 3.77. The third kappa shape index (κ3) is 5.36. The summed E-state index contributed by atoms with van der Waals surface area (Å²) >= 11 is 0. The van der Waals surface area contributed by atoms with Crippen molar-refractivity contribution in [3.8, 4) is 205 Å². The van der Waals surface area contributed by atoms with Crippen molar-refractivity contribution in [1.82, 2.24) is 0 Å². The Hall–Kier alpha value is -11.5. The third-order valence-electron chi connectivity index (χ3n) is 12.1. The Kier molecular flexibility index (Phi) is 9.25. The van der Waals surface area contributed by atoms with Crippen molar-refractivity contribution in [3.05, 3.63) is 0 Å². The van der Waals surface area contributed by atoms with Gasteiger partial charge in [-0.15, -0.1) is 0 Å². The van der Waals surface area contributed by atoms with E-state index < -0.39 is 249 Å². The van der Waals surface area contributed by atoms with Crippen molar-refractivity contribution in [1.29, 1.82) is 0 Å². The van der Waals surface area contributed by atoms with Gasteiger partial charge >= 0.3 is 0 Å². The summed E-state index contributed by atoms with van der Waals surface area (Å²) in [5, 5.41) is 302. The Morgan fingerprint density at radius 2 is 0.274 bits per heavy atom. The van der Waals surface area contributed by atoms with E-state index in [1.54, 1.807) is 0 Å². The highest BCUT2D eigenvalue weighted by molar-refractivity contribution is 6.32. The molecule has 9 aromatic rings. The van der Waals surface area contributed by atoms with Crippen LogP contribution in [0.4, 0.5) is 0 Å². The molecule has 0 fully saturated rings. The van der Waals surface area contributed by atoms with E-state index in [4.69, 9.17) is 4.42 Å². The van der Waals surface area contributed by atoms with Gasteiger partial charge in [0.25, 0.3) is 0 Å². The number of furan rings is 1. The molecular formula is C44H28O29. The van der Waals surface area contributed by atoms with Crippen molar-refractivity contribution in [2.75, 3.05) is 0 Å². The van der Waals surface area contributed by atoms with Gasteiger partial charge in [-0.1, -0.05) is 0 Å². The number of hydrogen-bond acceptors (Lipinski definition) is 29. The predicted octanol–water partition coefficient (Wildman–Crippen LogP) is 4.32. The Morgan fingerprint density at radius 3 is 0.562 bits per heavy atom. The fourth-order valence-corrected chi connectivity index (χ4v) is 8.75. The lowest BCUT2D eigenvalue weighted by molar-refractivity contribution is 0.329. The summed E-state index contributed by atoms with van der Waals surface area (Å²) in [5.41, 5.74) is -14.2. The number of hydrogen-bond donors (Lipinski definition) is 28. The van der Waals surface area contributed by atoms with Crippen molar-refractivity contribution >= 4 is 43.5 Å². The topological polar surface area (TPSA) is 580 Å². The minimum Gasteiger partial charge on any atom is -0.506 e. The van der Waals surface area contributed by atoms with E-state index in [0.29, 0.717) is 0 Å². The maximum absolute atomic E-state index is 12.0. The lowest BCUT2D eigenvalue weighted by Gasteiger charge is -2.25. The fraction of sp³-hybridized carbons (Fsp3) is 0. The highest BCUT2D eigenvalue weighted by atomic mass is 16.4. The Bertz CT molecular complexity index is 3940. The number of rotatable bonds is 4. The van der Waals surface area contributed by atoms with Crippen LogP contribution in [0.3, 0.4) is 0 Å². The zero-order valence-electron chi connectivity index (χ0n) is 34.9. The van der Waals surface area contributed by atoms with Gasteiger partial charge in [0.15, 0.2) is 103 Å². The molecule has 0 amide bonds. The van der Waals surface area contributed by atoms with Gasteiger partial charge in [-0.25, -0.2) is 0 Å². The second kappa shape index (κ2) is 14.5. The second-order valence-electron chi connectivity index (χ2n) is 15.8. The maximum atomic E-state index is 12.0. The summed E-state index contributed by atoms with van der Waals surface area (Å²) in [4.78, 5) is 0. The molecule has 29 nitrogen and oxygen atoms in total. The predicted molar refractivity (Wildman–Crippen MR) is 237 cm³/mol. The van der Waals surface area contributed by atoms with E-state index in [1.165, 1.54) is 0 Å². The standard InChI is InChI=1S/C44H28O29/c45-15-7(30(60)41(71)43-13(15)14-31(61)38(68)40(70)42(72)44(14)73-43)1-3-5(18(48)34(64)32(62)16(3)46)2(6-4(1)17(47)33(63)35(65)19(6)49)8-20(50)22(52)9(23(53)21(8)51)10-24(54)26(56)11(27(57)25(10)55)12-28(58)36(66)39(69)37(67)29(12)59/h45-72H. The number of aromatic hydroxyl groups is 28. The van der Waals surface area contributed by atoms with E-state index in [9.17, 15) is 143 Å². The molecule has 0 saturated carbocycles. The molecular weight excluding hydrogens is 992 g/mol. The van der Waals surface area contributed by atoms with Gasteiger partial charge in [-0.05, 0) is 0 Å². The highest BCUT2D eigenvalue weighted by Crippen LogP contribution is 2.70. The first-order chi connectivity index (χ1) is 34.0. The molecule has 0 saturated heterocycles. The van der Waals surface area contributed by atoms with Crippen LogP contribution in [-0.2, 0) is 0 Å². The van der Waals surface area contributed by atoms with Crippen LogP contribution in [-0.4, -0.2) is 143 Å². The van der Waals surface area contributed by atoms with Crippen molar-refractivity contribution in [2.24, 2.45) is 0 Å². The van der Waals surface area contributed by atoms with E-state index in [0.717, 1.165) is 0 Å². The molecule has 0 aliphatic heterocycles. The van der Waals surface area contributed by atoms with E-state index in [1.807, 2.05) is 0 Å². The molecule has 28 N–H and O–H groups in total. The lowest BCUT2D eigenvalue weighted by Crippen LogP contribution is -1.97. The van der Waals surface area contributed by atoms with Crippen LogP contribution in [0.5, 0.6) is 161 Å². The van der Waals surface area contributed by atoms with Gasteiger partial charge in [0.1, 0.15) is 5.75 Å². The summed E-state index contributed by atoms with van der Waals surface area (Å²) in [5.74, 6) is -47.9. The zero-order chi connectivity index (χ0) is 54.1. The van der Waals surface area contributed by atoms with Crippen LogP contribution in [0.25, 0.3) is 88.0 Å². The minimum atomic E-state index is -1.95. The number of phenolic OH excluding ortho intramolecular Hbond substituents is 28.